The molecule has 0 aromatic heterocycles. The molecule has 5 heteroatoms. The van der Waals surface area contributed by atoms with Gasteiger partial charge >= 0.3 is 0 Å². The smallest absolute Gasteiger partial charge is 0.120 e. The second kappa shape index (κ2) is 7.99. The molecule has 0 heterocycles. The lowest BCUT2D eigenvalue weighted by Gasteiger charge is -2.17. The molecule has 0 amide bonds. The van der Waals surface area contributed by atoms with Gasteiger partial charge in [-0.25, -0.2) is 0 Å². The fraction of sp³-hybridized carbons (Fsp3) is 0.562. The molecule has 2 N–H and O–H groups in total. The van der Waals surface area contributed by atoms with Crippen LogP contribution in [0.1, 0.15) is 24.8 Å². The molecule has 114 valence electrons. The van der Waals surface area contributed by atoms with Gasteiger partial charge in [0.25, 0.3) is 0 Å². The Morgan fingerprint density at radius 2 is 2.33 bits per heavy atom. The van der Waals surface area contributed by atoms with Crippen molar-refractivity contribution in [3.63, 3.8) is 0 Å². The molecule has 1 saturated carbocycles. The van der Waals surface area contributed by atoms with Crippen molar-refractivity contribution in [1.82, 2.24) is 5.32 Å². The van der Waals surface area contributed by atoms with Crippen LogP contribution in [0.5, 0.6) is 5.75 Å². The fourth-order valence-corrected chi connectivity index (χ4v) is 2.55. The second-order valence-electron chi connectivity index (χ2n) is 5.38. The number of aliphatic hydroxyl groups is 1. The van der Waals surface area contributed by atoms with E-state index in [0.717, 1.165) is 19.3 Å². The summed E-state index contributed by atoms with van der Waals surface area (Å²) in [6.07, 6.45) is 2.91. The lowest BCUT2D eigenvalue weighted by atomic mass is 10.2. The van der Waals surface area contributed by atoms with E-state index >= 15 is 0 Å². The van der Waals surface area contributed by atoms with Crippen LogP contribution in [0.25, 0.3) is 0 Å². The van der Waals surface area contributed by atoms with Gasteiger partial charge in [-0.2, -0.15) is 5.26 Å². The van der Waals surface area contributed by atoms with Crippen molar-refractivity contribution in [2.75, 3.05) is 20.3 Å². The summed E-state index contributed by atoms with van der Waals surface area (Å²) in [5, 5.41) is 22.1. The highest BCUT2D eigenvalue weighted by atomic mass is 16.5. The van der Waals surface area contributed by atoms with Crippen molar-refractivity contribution in [3.05, 3.63) is 29.8 Å². The Hall–Kier alpha value is -1.61. The Morgan fingerprint density at radius 3 is 3.05 bits per heavy atom. The molecule has 2 rings (SSSR count). The van der Waals surface area contributed by atoms with Gasteiger partial charge in [-0.05, 0) is 37.5 Å². The van der Waals surface area contributed by atoms with Crippen molar-refractivity contribution in [3.8, 4) is 11.8 Å². The van der Waals surface area contributed by atoms with Gasteiger partial charge in [0.1, 0.15) is 18.5 Å². The number of hydrogen-bond acceptors (Lipinski definition) is 5. The molecule has 0 aliphatic heterocycles. The first kappa shape index (κ1) is 15.8. The average Bonchev–Trinajstić information content (AvgIpc) is 2.99. The standard InChI is InChI=1S/C16H22N2O3/c1-20-15-6-5-13(8-15)18-10-14(19)11-21-16-4-2-3-12(7-16)9-17/h2-4,7,13-15,18-19H,5-6,8,10-11H2,1H3. The Morgan fingerprint density at radius 1 is 1.48 bits per heavy atom. The molecule has 3 unspecified atom stereocenters. The molecule has 1 aliphatic rings. The van der Waals surface area contributed by atoms with Crippen LogP contribution in [0.2, 0.25) is 0 Å². The Bertz CT molecular complexity index is 487. The van der Waals surface area contributed by atoms with E-state index in [1.807, 2.05) is 0 Å². The normalized spacial score (nSPS) is 22.7. The minimum Gasteiger partial charge on any atom is -0.491 e. The molecule has 5 nitrogen and oxygen atoms in total. The molecule has 1 aromatic rings. The summed E-state index contributed by atoms with van der Waals surface area (Å²) >= 11 is 0. The summed E-state index contributed by atoms with van der Waals surface area (Å²) in [5.74, 6) is 0.605. The number of ether oxygens (including phenoxy) is 2. The predicted octanol–water partition coefficient (Wildman–Crippen LogP) is 1.46. The number of hydrogen-bond donors (Lipinski definition) is 2. The first-order valence-electron chi connectivity index (χ1n) is 7.28. The quantitative estimate of drug-likeness (QED) is 0.795. The van der Waals surface area contributed by atoms with E-state index in [1.165, 1.54) is 0 Å². The predicted molar refractivity (Wildman–Crippen MR) is 79.1 cm³/mol. The summed E-state index contributed by atoms with van der Waals surface area (Å²) in [7, 11) is 1.74. The minimum absolute atomic E-state index is 0.211. The van der Waals surface area contributed by atoms with Crippen LogP contribution in [-0.4, -0.2) is 43.6 Å². The molecule has 1 fully saturated rings. The summed E-state index contributed by atoms with van der Waals surface area (Å²) in [6, 6.07) is 9.40. The number of benzene rings is 1. The molecular weight excluding hydrogens is 268 g/mol. The minimum atomic E-state index is -0.572. The number of nitrogens with zero attached hydrogens (tertiary/aromatic N) is 1. The van der Waals surface area contributed by atoms with Crippen LogP contribution in [0.4, 0.5) is 0 Å². The van der Waals surface area contributed by atoms with Crippen LogP contribution in [0.15, 0.2) is 24.3 Å². The van der Waals surface area contributed by atoms with Crippen LogP contribution in [-0.2, 0) is 4.74 Å². The van der Waals surface area contributed by atoms with Gasteiger partial charge in [-0.3, -0.25) is 0 Å². The number of nitriles is 1. The molecule has 0 saturated heterocycles. The first-order chi connectivity index (χ1) is 10.2. The molecule has 1 aromatic carbocycles. The topological polar surface area (TPSA) is 74.5 Å². The highest BCUT2D eigenvalue weighted by Gasteiger charge is 2.24. The van der Waals surface area contributed by atoms with Crippen molar-refractivity contribution < 1.29 is 14.6 Å². The zero-order valence-corrected chi connectivity index (χ0v) is 12.3. The lowest BCUT2D eigenvalue weighted by Crippen LogP contribution is -2.37. The monoisotopic (exact) mass is 290 g/mol. The van der Waals surface area contributed by atoms with Crippen molar-refractivity contribution >= 4 is 0 Å². The SMILES string of the molecule is COC1CCC(NCC(O)COc2cccc(C#N)c2)C1. The Labute approximate surface area is 125 Å². The van der Waals surface area contributed by atoms with Crippen molar-refractivity contribution in [1.29, 1.82) is 5.26 Å². The Balaban J connectivity index is 1.68. The maximum Gasteiger partial charge on any atom is 0.120 e. The van der Waals surface area contributed by atoms with Gasteiger partial charge in [0.05, 0.1) is 17.7 Å². The van der Waals surface area contributed by atoms with Crippen LogP contribution in [0, 0.1) is 11.3 Å². The summed E-state index contributed by atoms with van der Waals surface area (Å²) in [6.45, 7) is 0.710. The Kier molecular flexibility index (Phi) is 6.00. The second-order valence-corrected chi connectivity index (χ2v) is 5.38. The van der Waals surface area contributed by atoms with Gasteiger partial charge < -0.3 is 19.9 Å². The van der Waals surface area contributed by atoms with Crippen molar-refractivity contribution in [2.24, 2.45) is 0 Å². The first-order valence-corrected chi connectivity index (χ1v) is 7.28. The van der Waals surface area contributed by atoms with Gasteiger partial charge in [-0.1, -0.05) is 6.07 Å². The van der Waals surface area contributed by atoms with E-state index in [1.54, 1.807) is 31.4 Å². The molecule has 21 heavy (non-hydrogen) atoms. The molecule has 3 atom stereocenters. The summed E-state index contributed by atoms with van der Waals surface area (Å²) in [5.41, 5.74) is 0.552. The van der Waals surface area contributed by atoms with Gasteiger partial charge in [0.2, 0.25) is 0 Å². The van der Waals surface area contributed by atoms with E-state index < -0.39 is 6.10 Å². The number of methoxy groups -OCH3 is 1. The zero-order valence-electron chi connectivity index (χ0n) is 12.3. The van der Waals surface area contributed by atoms with E-state index in [-0.39, 0.29) is 6.61 Å². The average molecular weight is 290 g/mol. The molecule has 1 aliphatic carbocycles. The van der Waals surface area contributed by atoms with E-state index in [0.29, 0.717) is 30.0 Å². The molecule has 0 bridgehead atoms. The maximum absolute atomic E-state index is 9.94. The largest absolute Gasteiger partial charge is 0.491 e. The third-order valence-corrected chi connectivity index (χ3v) is 3.77. The third-order valence-electron chi connectivity index (χ3n) is 3.77. The van der Waals surface area contributed by atoms with Gasteiger partial charge in [-0.15, -0.1) is 0 Å². The number of nitrogens with one attached hydrogen (secondary N) is 1. The van der Waals surface area contributed by atoms with Crippen LogP contribution >= 0.6 is 0 Å². The maximum atomic E-state index is 9.94. The van der Waals surface area contributed by atoms with Gasteiger partial charge in [0, 0.05) is 19.7 Å². The number of aliphatic hydroxyl groups excluding tert-OH is 1. The highest BCUT2D eigenvalue weighted by Crippen LogP contribution is 2.21. The van der Waals surface area contributed by atoms with E-state index in [4.69, 9.17) is 14.7 Å². The lowest BCUT2D eigenvalue weighted by molar-refractivity contribution is 0.0966. The summed E-state index contributed by atoms with van der Waals surface area (Å²) in [4.78, 5) is 0. The van der Waals surface area contributed by atoms with Gasteiger partial charge in [0.15, 0.2) is 0 Å². The van der Waals surface area contributed by atoms with Crippen LogP contribution in [0.3, 0.4) is 0 Å². The molecule has 0 spiro atoms. The highest BCUT2D eigenvalue weighted by molar-refractivity contribution is 5.36. The van der Waals surface area contributed by atoms with E-state index in [2.05, 4.69) is 11.4 Å². The third kappa shape index (κ3) is 5.01. The van der Waals surface area contributed by atoms with E-state index in [9.17, 15) is 5.11 Å². The fourth-order valence-electron chi connectivity index (χ4n) is 2.55. The van der Waals surface area contributed by atoms with Crippen LogP contribution < -0.4 is 10.1 Å². The molecular formula is C16H22N2O3. The number of rotatable bonds is 7. The molecule has 0 radical (unpaired) electrons. The summed E-state index contributed by atoms with van der Waals surface area (Å²) < 4.78 is 10.8. The zero-order chi connectivity index (χ0) is 15.1. The van der Waals surface area contributed by atoms with Crippen molar-refractivity contribution in [2.45, 2.75) is 37.5 Å².